The molecule has 0 radical (unpaired) electrons. The summed E-state index contributed by atoms with van der Waals surface area (Å²) in [7, 11) is 1.54. The van der Waals surface area contributed by atoms with Gasteiger partial charge in [-0.05, 0) is 30.0 Å². The largest absolute Gasteiger partial charge is 0.497 e. The number of ether oxygens (including phenoxy) is 1. The van der Waals surface area contributed by atoms with Crippen molar-refractivity contribution >= 4 is 17.8 Å². The zero-order valence-corrected chi connectivity index (χ0v) is 18.1. The van der Waals surface area contributed by atoms with E-state index in [0.29, 0.717) is 18.1 Å². The highest BCUT2D eigenvalue weighted by atomic mass is 16.5. The van der Waals surface area contributed by atoms with Gasteiger partial charge in [0, 0.05) is 18.9 Å². The first-order chi connectivity index (χ1) is 14.2. The summed E-state index contributed by atoms with van der Waals surface area (Å²) in [6, 6.07) is 4.80. The highest BCUT2D eigenvalue weighted by molar-refractivity contribution is 5.96. The van der Waals surface area contributed by atoms with Gasteiger partial charge in [-0.25, -0.2) is 4.79 Å². The zero-order valence-electron chi connectivity index (χ0n) is 18.1. The number of methoxy groups -OCH3 is 1. The summed E-state index contributed by atoms with van der Waals surface area (Å²) in [6.07, 6.45) is 1.44. The average Bonchev–Trinajstić information content (AvgIpc) is 2.74. The van der Waals surface area contributed by atoms with E-state index in [2.05, 4.69) is 10.6 Å². The summed E-state index contributed by atoms with van der Waals surface area (Å²) in [5.41, 5.74) is 0.737. The maximum Gasteiger partial charge on any atom is 0.349 e. The van der Waals surface area contributed by atoms with Crippen LogP contribution in [0.1, 0.15) is 39.2 Å². The minimum Gasteiger partial charge on any atom is -0.497 e. The van der Waals surface area contributed by atoms with Crippen LogP contribution in [0.4, 0.5) is 4.79 Å². The molecule has 0 aromatic heterocycles. The van der Waals surface area contributed by atoms with Crippen LogP contribution in [0.15, 0.2) is 24.3 Å². The highest BCUT2D eigenvalue weighted by Crippen LogP contribution is 2.15. The van der Waals surface area contributed by atoms with Crippen molar-refractivity contribution in [2.45, 2.75) is 46.1 Å². The van der Waals surface area contributed by atoms with Gasteiger partial charge in [0.15, 0.2) is 0 Å². The van der Waals surface area contributed by atoms with Crippen LogP contribution >= 0.6 is 0 Å². The molecular formula is C21H33N3O6. The molecule has 4 N–H and O–H groups in total. The molecule has 1 rings (SSSR count). The number of urea groups is 1. The van der Waals surface area contributed by atoms with Crippen LogP contribution in [0, 0.1) is 11.8 Å². The smallest absolute Gasteiger partial charge is 0.349 e. The van der Waals surface area contributed by atoms with Crippen molar-refractivity contribution in [2.24, 2.45) is 11.8 Å². The number of aliphatic hydroxyl groups excluding tert-OH is 1. The molecule has 1 aromatic carbocycles. The van der Waals surface area contributed by atoms with E-state index in [1.165, 1.54) is 7.11 Å². The lowest BCUT2D eigenvalue weighted by molar-refractivity contribution is -0.157. The Balaban J connectivity index is 2.83. The molecule has 9 nitrogen and oxygen atoms in total. The number of imide groups is 1. The van der Waals surface area contributed by atoms with E-state index < -0.39 is 29.8 Å². The quantitative estimate of drug-likeness (QED) is 0.317. The van der Waals surface area contributed by atoms with Gasteiger partial charge in [0.2, 0.25) is 5.91 Å². The summed E-state index contributed by atoms with van der Waals surface area (Å²) in [5.74, 6) is -0.766. The van der Waals surface area contributed by atoms with Crippen LogP contribution in [0.3, 0.4) is 0 Å². The fourth-order valence-electron chi connectivity index (χ4n) is 2.73. The molecule has 1 aromatic rings. The maximum atomic E-state index is 12.4. The molecular weight excluding hydrogens is 390 g/mol. The topological polar surface area (TPSA) is 128 Å². The van der Waals surface area contributed by atoms with E-state index in [-0.39, 0.29) is 24.6 Å². The third kappa shape index (κ3) is 8.38. The number of nitrogens with one attached hydrogen (secondary N) is 2. The van der Waals surface area contributed by atoms with E-state index in [4.69, 9.17) is 9.84 Å². The maximum absolute atomic E-state index is 12.4. The van der Waals surface area contributed by atoms with Crippen LogP contribution in [-0.2, 0) is 16.0 Å². The molecule has 2 atom stereocenters. The molecule has 0 aliphatic rings. The van der Waals surface area contributed by atoms with Gasteiger partial charge >= 0.3 is 6.03 Å². The first-order valence-corrected chi connectivity index (χ1v) is 10.0. The summed E-state index contributed by atoms with van der Waals surface area (Å²) in [5, 5.41) is 23.9. The van der Waals surface area contributed by atoms with Gasteiger partial charge in [0.25, 0.3) is 5.91 Å². The number of amides is 4. The Morgan fingerprint density at radius 2 is 1.73 bits per heavy atom. The second kappa shape index (κ2) is 12.8. The van der Waals surface area contributed by atoms with Gasteiger partial charge in [-0.2, -0.15) is 0 Å². The molecule has 0 bridgehead atoms. The lowest BCUT2D eigenvalue weighted by atomic mass is 9.99. The van der Waals surface area contributed by atoms with Crippen LogP contribution in [-0.4, -0.2) is 59.5 Å². The number of hydrogen-bond acceptors (Lipinski definition) is 6. The van der Waals surface area contributed by atoms with Gasteiger partial charge in [-0.3, -0.25) is 14.8 Å². The summed E-state index contributed by atoms with van der Waals surface area (Å²) < 4.78 is 5.10. The van der Waals surface area contributed by atoms with Crippen LogP contribution in [0.2, 0.25) is 0 Å². The van der Waals surface area contributed by atoms with Crippen LogP contribution in [0.25, 0.3) is 0 Å². The number of rotatable bonds is 11. The Labute approximate surface area is 177 Å². The molecule has 0 fully saturated rings. The highest BCUT2D eigenvalue weighted by Gasteiger charge is 2.29. The second-order valence-corrected chi connectivity index (χ2v) is 7.59. The van der Waals surface area contributed by atoms with Crippen molar-refractivity contribution in [3.63, 3.8) is 0 Å². The molecule has 4 amide bonds. The Morgan fingerprint density at radius 3 is 2.27 bits per heavy atom. The monoisotopic (exact) mass is 423 g/mol. The molecule has 9 heteroatoms. The molecule has 0 aliphatic carbocycles. The number of carbonyl (C=O) groups is 3. The predicted molar refractivity (Wildman–Crippen MR) is 111 cm³/mol. The van der Waals surface area contributed by atoms with Crippen molar-refractivity contribution in [2.75, 3.05) is 20.3 Å². The minimum atomic E-state index is -1.07. The fourth-order valence-corrected chi connectivity index (χ4v) is 2.73. The zero-order chi connectivity index (χ0) is 22.7. The minimum absolute atomic E-state index is 0.0157. The first kappa shape index (κ1) is 25.4. The molecule has 0 heterocycles. The molecule has 168 valence electrons. The standard InChI is InChI=1S/C21H33N3O6/c1-14(2)5-6-15(3)20(27)24(29)21(28)23-18(19(26)22-11-12-25)13-16-7-9-17(30-4)10-8-16/h7-10,14-15,18,25,29H,5-6,11-13H2,1-4H3,(H,22,26)(H,23,28)/t15-,18-/m0/s1. The van der Waals surface area contributed by atoms with Crippen molar-refractivity contribution < 1.29 is 29.4 Å². The van der Waals surface area contributed by atoms with Gasteiger partial charge in [-0.1, -0.05) is 39.3 Å². The molecule has 0 saturated heterocycles. The molecule has 30 heavy (non-hydrogen) atoms. The summed E-state index contributed by atoms with van der Waals surface area (Å²) in [4.78, 5) is 37.1. The van der Waals surface area contributed by atoms with Crippen molar-refractivity contribution in [1.82, 2.24) is 15.7 Å². The summed E-state index contributed by atoms with van der Waals surface area (Å²) in [6.45, 7) is 5.45. The average molecular weight is 424 g/mol. The number of aliphatic hydroxyl groups is 1. The van der Waals surface area contributed by atoms with Crippen molar-refractivity contribution in [3.8, 4) is 5.75 Å². The van der Waals surface area contributed by atoms with E-state index >= 15 is 0 Å². The normalized spacial score (nSPS) is 12.8. The Kier molecular flexibility index (Phi) is 10.8. The van der Waals surface area contributed by atoms with Crippen LogP contribution in [0.5, 0.6) is 5.75 Å². The molecule has 0 aliphatic heterocycles. The number of benzene rings is 1. The SMILES string of the molecule is COc1ccc(C[C@H](NC(=O)N(O)C(=O)[C@@H](C)CCC(C)C)C(=O)NCCO)cc1. The number of nitrogens with zero attached hydrogens (tertiary/aromatic N) is 1. The van der Waals surface area contributed by atoms with E-state index in [0.717, 1.165) is 12.0 Å². The van der Waals surface area contributed by atoms with Crippen LogP contribution < -0.4 is 15.4 Å². The van der Waals surface area contributed by atoms with E-state index in [9.17, 15) is 19.6 Å². The van der Waals surface area contributed by atoms with Gasteiger partial charge in [-0.15, -0.1) is 5.06 Å². The molecule has 0 saturated carbocycles. The van der Waals surface area contributed by atoms with Crippen molar-refractivity contribution in [1.29, 1.82) is 0 Å². The Bertz CT molecular complexity index is 692. The fraction of sp³-hybridized carbons (Fsp3) is 0.571. The molecule has 0 unspecified atom stereocenters. The van der Waals surface area contributed by atoms with Crippen molar-refractivity contribution in [3.05, 3.63) is 29.8 Å². The second-order valence-electron chi connectivity index (χ2n) is 7.59. The third-order valence-electron chi connectivity index (χ3n) is 4.62. The lowest BCUT2D eigenvalue weighted by Gasteiger charge is -2.23. The van der Waals surface area contributed by atoms with E-state index in [1.54, 1.807) is 31.2 Å². The van der Waals surface area contributed by atoms with Gasteiger partial charge < -0.3 is 20.5 Å². The first-order valence-electron chi connectivity index (χ1n) is 10.0. The summed E-state index contributed by atoms with van der Waals surface area (Å²) >= 11 is 0. The number of hydrogen-bond donors (Lipinski definition) is 4. The predicted octanol–water partition coefficient (Wildman–Crippen LogP) is 1.71. The lowest BCUT2D eigenvalue weighted by Crippen LogP contribution is -2.53. The third-order valence-corrected chi connectivity index (χ3v) is 4.62. The Hall–Kier alpha value is -2.65. The van der Waals surface area contributed by atoms with Gasteiger partial charge in [0.05, 0.1) is 13.7 Å². The van der Waals surface area contributed by atoms with Gasteiger partial charge in [0.1, 0.15) is 11.8 Å². The Morgan fingerprint density at radius 1 is 1.10 bits per heavy atom. The molecule has 0 spiro atoms. The van der Waals surface area contributed by atoms with E-state index in [1.807, 2.05) is 13.8 Å². The number of carbonyl (C=O) groups excluding carboxylic acids is 3. The number of hydroxylamine groups is 2.